The van der Waals surface area contributed by atoms with Gasteiger partial charge in [-0.1, -0.05) is 24.2 Å². The van der Waals surface area contributed by atoms with Crippen LogP contribution in [0.25, 0.3) is 0 Å². The molecule has 0 aliphatic carbocycles. The van der Waals surface area contributed by atoms with E-state index in [2.05, 4.69) is 15.5 Å². The number of nitrogens with one attached hydrogen (secondary N) is 1. The first-order chi connectivity index (χ1) is 13.9. The zero-order valence-corrected chi connectivity index (χ0v) is 19.2. The van der Waals surface area contributed by atoms with Gasteiger partial charge in [-0.25, -0.2) is 4.99 Å². The summed E-state index contributed by atoms with van der Waals surface area (Å²) in [6.07, 6.45) is -4.06. The Kier molecular flexibility index (Phi) is 8.95. The van der Waals surface area contributed by atoms with Crippen molar-refractivity contribution >= 4 is 29.9 Å². The smallest absolute Gasteiger partial charge is 0.370 e. The number of alkyl halides is 3. The standard InChI is InChI=1S/C20H25F3N4O2.HI/c1-3-16-11-17(29-26-16)12-25-19(24-4-2)27-8-9-28-18(13-27)14-6-5-7-15(10-14)20(21,22)23;/h5-7,10-11,18H,3-4,8-9,12-13H2,1-2H3,(H,24,25);1H. The van der Waals surface area contributed by atoms with E-state index in [1.807, 2.05) is 24.8 Å². The lowest BCUT2D eigenvalue weighted by Crippen LogP contribution is -2.48. The molecule has 30 heavy (non-hydrogen) atoms. The van der Waals surface area contributed by atoms with Gasteiger partial charge in [0.15, 0.2) is 11.7 Å². The number of benzene rings is 1. The molecule has 2 heterocycles. The molecule has 1 aromatic heterocycles. The van der Waals surface area contributed by atoms with Crippen molar-refractivity contribution < 1.29 is 22.4 Å². The highest BCUT2D eigenvalue weighted by Crippen LogP contribution is 2.32. The molecule has 1 aromatic carbocycles. The van der Waals surface area contributed by atoms with Crippen LogP contribution in [0.3, 0.4) is 0 Å². The summed E-state index contributed by atoms with van der Waals surface area (Å²) in [6.45, 7) is 6.36. The minimum atomic E-state index is -4.38. The van der Waals surface area contributed by atoms with Crippen molar-refractivity contribution in [3.63, 3.8) is 0 Å². The number of ether oxygens (including phenoxy) is 1. The predicted octanol–water partition coefficient (Wildman–Crippen LogP) is 4.41. The number of morpholine rings is 1. The maximum absolute atomic E-state index is 13.0. The summed E-state index contributed by atoms with van der Waals surface area (Å²) in [6, 6.07) is 7.16. The minimum Gasteiger partial charge on any atom is -0.370 e. The molecule has 0 bridgehead atoms. The molecule has 3 rings (SSSR count). The first-order valence-electron chi connectivity index (χ1n) is 9.67. The van der Waals surface area contributed by atoms with E-state index < -0.39 is 17.8 Å². The molecule has 1 fully saturated rings. The molecule has 166 valence electrons. The second kappa shape index (κ2) is 11.0. The quantitative estimate of drug-likeness (QED) is 0.347. The molecular weight excluding hydrogens is 512 g/mol. The van der Waals surface area contributed by atoms with Gasteiger partial charge >= 0.3 is 6.18 Å². The number of aryl methyl sites for hydroxylation is 1. The Labute approximate surface area is 190 Å². The van der Waals surface area contributed by atoms with Gasteiger partial charge in [0.2, 0.25) is 0 Å². The van der Waals surface area contributed by atoms with E-state index in [0.717, 1.165) is 24.2 Å². The third-order valence-corrected chi connectivity index (χ3v) is 4.64. The van der Waals surface area contributed by atoms with Crippen LogP contribution >= 0.6 is 24.0 Å². The van der Waals surface area contributed by atoms with Crippen LogP contribution in [0, 0.1) is 0 Å². The van der Waals surface area contributed by atoms with Crippen LogP contribution in [0.15, 0.2) is 39.8 Å². The van der Waals surface area contributed by atoms with Crippen LogP contribution in [-0.4, -0.2) is 42.3 Å². The van der Waals surface area contributed by atoms with Gasteiger partial charge in [-0.2, -0.15) is 13.2 Å². The predicted molar refractivity (Wildman–Crippen MR) is 118 cm³/mol. The number of aromatic nitrogens is 1. The summed E-state index contributed by atoms with van der Waals surface area (Å²) in [5, 5.41) is 7.19. The van der Waals surface area contributed by atoms with Gasteiger partial charge in [-0.15, -0.1) is 24.0 Å². The summed E-state index contributed by atoms with van der Waals surface area (Å²) in [4.78, 5) is 6.60. The molecule has 1 unspecified atom stereocenters. The zero-order valence-electron chi connectivity index (χ0n) is 16.9. The van der Waals surface area contributed by atoms with Gasteiger partial charge in [0, 0.05) is 19.2 Å². The third kappa shape index (κ3) is 6.34. The van der Waals surface area contributed by atoms with Gasteiger partial charge < -0.3 is 19.5 Å². The van der Waals surface area contributed by atoms with Crippen LogP contribution in [0.4, 0.5) is 13.2 Å². The van der Waals surface area contributed by atoms with Gasteiger partial charge in [0.1, 0.15) is 12.6 Å². The van der Waals surface area contributed by atoms with Crippen molar-refractivity contribution in [2.24, 2.45) is 4.99 Å². The van der Waals surface area contributed by atoms with Crippen LogP contribution in [0.1, 0.15) is 42.5 Å². The SMILES string of the molecule is CCNC(=NCc1cc(CC)no1)N1CCOC(c2cccc(C(F)(F)F)c2)C1.I. The van der Waals surface area contributed by atoms with Gasteiger partial charge in [0.05, 0.1) is 24.4 Å². The number of hydrogen-bond acceptors (Lipinski definition) is 4. The Morgan fingerprint density at radius 3 is 2.77 bits per heavy atom. The number of hydrogen-bond donors (Lipinski definition) is 1. The lowest BCUT2D eigenvalue weighted by Gasteiger charge is -2.35. The van der Waals surface area contributed by atoms with Gasteiger partial charge in [0.25, 0.3) is 0 Å². The average Bonchev–Trinajstić information content (AvgIpc) is 3.19. The summed E-state index contributed by atoms with van der Waals surface area (Å²) in [7, 11) is 0. The van der Waals surface area contributed by atoms with Gasteiger partial charge in [-0.3, -0.25) is 0 Å². The topological polar surface area (TPSA) is 62.9 Å². The summed E-state index contributed by atoms with van der Waals surface area (Å²) >= 11 is 0. The largest absolute Gasteiger partial charge is 0.416 e. The summed E-state index contributed by atoms with van der Waals surface area (Å²) in [5.74, 6) is 1.34. The number of aliphatic imine (C=N–C) groups is 1. The average molecular weight is 538 g/mol. The van der Waals surface area contributed by atoms with Crippen molar-refractivity contribution in [1.82, 2.24) is 15.4 Å². The molecule has 1 aliphatic rings. The molecule has 1 saturated heterocycles. The summed E-state index contributed by atoms with van der Waals surface area (Å²) in [5.41, 5.74) is 0.702. The van der Waals surface area contributed by atoms with E-state index in [9.17, 15) is 13.2 Å². The Bertz CT molecular complexity index is 841. The lowest BCUT2D eigenvalue weighted by molar-refractivity contribution is -0.137. The second-order valence-electron chi connectivity index (χ2n) is 6.74. The van der Waals surface area contributed by atoms with E-state index in [1.54, 1.807) is 6.07 Å². The number of rotatable bonds is 5. The van der Waals surface area contributed by atoms with Crippen molar-refractivity contribution in [2.75, 3.05) is 26.2 Å². The van der Waals surface area contributed by atoms with E-state index in [0.29, 0.717) is 50.1 Å². The van der Waals surface area contributed by atoms with E-state index in [-0.39, 0.29) is 24.0 Å². The molecule has 0 radical (unpaired) electrons. The van der Waals surface area contributed by atoms with Crippen LogP contribution < -0.4 is 5.32 Å². The van der Waals surface area contributed by atoms with Crippen molar-refractivity contribution in [3.8, 4) is 0 Å². The Hall–Kier alpha value is -1.82. The monoisotopic (exact) mass is 538 g/mol. The Morgan fingerprint density at radius 2 is 2.10 bits per heavy atom. The van der Waals surface area contributed by atoms with E-state index >= 15 is 0 Å². The van der Waals surface area contributed by atoms with E-state index in [1.165, 1.54) is 6.07 Å². The lowest BCUT2D eigenvalue weighted by atomic mass is 10.0. The maximum atomic E-state index is 13.0. The Balaban J connectivity index is 0.00000320. The van der Waals surface area contributed by atoms with Crippen molar-refractivity contribution in [1.29, 1.82) is 0 Å². The summed E-state index contributed by atoms with van der Waals surface area (Å²) < 4.78 is 50.1. The molecular formula is C20H26F3IN4O2. The molecule has 6 nitrogen and oxygen atoms in total. The van der Waals surface area contributed by atoms with Crippen LogP contribution in [0.5, 0.6) is 0 Å². The molecule has 2 aromatic rings. The Morgan fingerprint density at radius 1 is 1.30 bits per heavy atom. The highest BCUT2D eigenvalue weighted by Gasteiger charge is 2.32. The molecule has 0 saturated carbocycles. The molecule has 0 spiro atoms. The van der Waals surface area contributed by atoms with Crippen molar-refractivity contribution in [3.05, 3.63) is 52.9 Å². The molecule has 10 heteroatoms. The molecule has 1 N–H and O–H groups in total. The maximum Gasteiger partial charge on any atom is 0.416 e. The second-order valence-corrected chi connectivity index (χ2v) is 6.74. The molecule has 1 atom stereocenters. The highest BCUT2D eigenvalue weighted by atomic mass is 127. The molecule has 0 amide bonds. The number of halogens is 4. The fourth-order valence-electron chi connectivity index (χ4n) is 3.13. The van der Waals surface area contributed by atoms with Gasteiger partial charge in [-0.05, 0) is 31.0 Å². The number of guanidine groups is 1. The minimum absolute atomic E-state index is 0. The fourth-order valence-corrected chi connectivity index (χ4v) is 3.13. The third-order valence-electron chi connectivity index (χ3n) is 4.64. The first-order valence-corrected chi connectivity index (χ1v) is 9.67. The number of nitrogens with zero attached hydrogens (tertiary/aromatic N) is 3. The normalized spacial score (nSPS) is 17.6. The highest BCUT2D eigenvalue weighted by molar-refractivity contribution is 14.0. The van der Waals surface area contributed by atoms with Crippen molar-refractivity contribution in [2.45, 2.75) is 39.1 Å². The van der Waals surface area contributed by atoms with Crippen LogP contribution in [-0.2, 0) is 23.9 Å². The fraction of sp³-hybridized carbons (Fsp3) is 0.500. The van der Waals surface area contributed by atoms with Crippen LogP contribution in [0.2, 0.25) is 0 Å². The first kappa shape index (κ1) is 24.4. The molecule has 1 aliphatic heterocycles. The van der Waals surface area contributed by atoms with E-state index in [4.69, 9.17) is 9.26 Å². The zero-order chi connectivity index (χ0) is 20.9.